The lowest BCUT2D eigenvalue weighted by Gasteiger charge is -2.10. The summed E-state index contributed by atoms with van der Waals surface area (Å²) in [7, 11) is 0. The first-order chi connectivity index (χ1) is 15.0. The van der Waals surface area contributed by atoms with Crippen LogP contribution in [0.4, 0.5) is 14.6 Å². The highest BCUT2D eigenvalue weighted by Gasteiger charge is 2.43. The summed E-state index contributed by atoms with van der Waals surface area (Å²) in [6.07, 6.45) is 10.1. The van der Waals surface area contributed by atoms with Crippen LogP contribution < -0.4 is 5.32 Å². The number of nitrogens with zero attached hydrogens (tertiary/aromatic N) is 4. The number of hydrogen-bond donors (Lipinski definition) is 2. The van der Waals surface area contributed by atoms with Crippen LogP contribution in [0.15, 0.2) is 43.5 Å². The normalized spacial score (nSPS) is 18.2. The minimum Gasteiger partial charge on any atom is -0.309 e. The van der Waals surface area contributed by atoms with Gasteiger partial charge in [-0.05, 0) is 12.5 Å². The van der Waals surface area contributed by atoms with Gasteiger partial charge in [0.25, 0.3) is 0 Å². The molecule has 2 atom stereocenters. The van der Waals surface area contributed by atoms with Gasteiger partial charge >= 0.3 is 0 Å². The summed E-state index contributed by atoms with van der Waals surface area (Å²) in [6, 6.07) is 0. The molecule has 156 valence electrons. The number of anilines is 1. The fraction of sp³-hybridized carbons (Fsp3) is 0.143. The molecular weight excluding hydrogens is 426 g/mol. The number of allylic oxidation sites excluding steroid dienone is 2. The third-order valence-corrected chi connectivity index (χ3v) is 5.48. The molecule has 0 bridgehead atoms. The summed E-state index contributed by atoms with van der Waals surface area (Å²) in [4.78, 5) is 20.6. The Morgan fingerprint density at radius 2 is 2.19 bits per heavy atom. The molecule has 1 saturated carbocycles. The van der Waals surface area contributed by atoms with Gasteiger partial charge in [-0.15, -0.1) is 0 Å². The zero-order chi connectivity index (χ0) is 21.7. The number of benzene rings is 1. The van der Waals surface area contributed by atoms with Crippen LogP contribution in [0.25, 0.3) is 33.9 Å². The molecule has 2 N–H and O–H groups in total. The molecule has 2 unspecified atom stereocenters. The number of fused-ring (bicyclic) bond motifs is 2. The molecule has 1 aromatic carbocycles. The van der Waals surface area contributed by atoms with Crippen molar-refractivity contribution in [1.82, 2.24) is 24.6 Å². The first-order valence-corrected chi connectivity index (χ1v) is 9.79. The molecule has 31 heavy (non-hydrogen) atoms. The van der Waals surface area contributed by atoms with E-state index in [9.17, 15) is 9.18 Å². The fourth-order valence-electron chi connectivity index (χ4n) is 3.45. The summed E-state index contributed by atoms with van der Waals surface area (Å²) in [5.41, 5.74) is 1.96. The number of hydrogen-bond acceptors (Lipinski definition) is 4. The van der Waals surface area contributed by atoms with Crippen molar-refractivity contribution < 1.29 is 13.6 Å². The molecule has 3 aromatic heterocycles. The average molecular weight is 441 g/mol. The van der Waals surface area contributed by atoms with Crippen molar-refractivity contribution in [3.05, 3.63) is 59.9 Å². The standard InChI is InChI=1S/C21H15ClF2N6O/c1-2-3-4-10-19(24)18(22)17(12-6-26-29-20(10)12)14-8-30-9-15(27-16(30)7-25-14)28-21(31)11-5-13(11)23/h2-4,6-9,11,13H,1,5H2,(H,26,29)(H,28,31)/b4-3+. The van der Waals surface area contributed by atoms with Gasteiger partial charge in [0.1, 0.15) is 6.17 Å². The lowest BCUT2D eigenvalue weighted by atomic mass is 10.0. The molecule has 1 aliphatic rings. The Bertz CT molecular complexity index is 1390. The Morgan fingerprint density at radius 3 is 2.94 bits per heavy atom. The molecule has 0 radical (unpaired) electrons. The molecule has 0 saturated heterocycles. The quantitative estimate of drug-likeness (QED) is 0.445. The lowest BCUT2D eigenvalue weighted by molar-refractivity contribution is -0.117. The maximum atomic E-state index is 15.1. The number of H-pyrrole nitrogens is 1. The van der Waals surface area contributed by atoms with Gasteiger partial charge in [0.15, 0.2) is 17.3 Å². The van der Waals surface area contributed by atoms with Gasteiger partial charge in [-0.25, -0.2) is 13.8 Å². The molecule has 0 aliphatic heterocycles. The molecule has 1 fully saturated rings. The molecule has 10 heteroatoms. The predicted molar refractivity (Wildman–Crippen MR) is 114 cm³/mol. The number of alkyl halides is 1. The van der Waals surface area contributed by atoms with Crippen LogP contribution in [-0.2, 0) is 4.79 Å². The van der Waals surface area contributed by atoms with E-state index in [2.05, 4.69) is 32.1 Å². The number of halogens is 3. The lowest BCUT2D eigenvalue weighted by Crippen LogP contribution is -2.15. The summed E-state index contributed by atoms with van der Waals surface area (Å²) < 4.78 is 29.8. The second kappa shape index (κ2) is 7.28. The first kappa shape index (κ1) is 19.4. The minimum absolute atomic E-state index is 0.0965. The van der Waals surface area contributed by atoms with Gasteiger partial charge in [0, 0.05) is 22.7 Å². The Labute approximate surface area is 179 Å². The van der Waals surface area contributed by atoms with Crippen molar-refractivity contribution in [2.24, 2.45) is 5.92 Å². The van der Waals surface area contributed by atoms with E-state index in [1.54, 1.807) is 35.1 Å². The maximum Gasteiger partial charge on any atom is 0.231 e. The number of aromatic nitrogens is 5. The molecule has 7 nitrogen and oxygen atoms in total. The van der Waals surface area contributed by atoms with Crippen molar-refractivity contribution in [2.45, 2.75) is 12.6 Å². The smallest absolute Gasteiger partial charge is 0.231 e. The predicted octanol–water partition coefficient (Wildman–Crippen LogP) is 4.56. The zero-order valence-corrected chi connectivity index (χ0v) is 16.7. The van der Waals surface area contributed by atoms with Gasteiger partial charge in [0.2, 0.25) is 5.91 Å². The molecule has 0 spiro atoms. The van der Waals surface area contributed by atoms with Crippen LogP contribution in [0.3, 0.4) is 0 Å². The molecule has 1 amide bonds. The van der Waals surface area contributed by atoms with Gasteiger partial charge in [-0.2, -0.15) is 5.10 Å². The molecular formula is C21H15ClF2N6O. The zero-order valence-electron chi connectivity index (χ0n) is 15.9. The Balaban J connectivity index is 1.58. The monoisotopic (exact) mass is 440 g/mol. The Hall–Kier alpha value is -3.59. The van der Waals surface area contributed by atoms with Crippen LogP contribution in [0.1, 0.15) is 12.0 Å². The van der Waals surface area contributed by atoms with Crippen LogP contribution in [0, 0.1) is 11.7 Å². The van der Waals surface area contributed by atoms with E-state index in [0.29, 0.717) is 27.8 Å². The highest BCUT2D eigenvalue weighted by atomic mass is 35.5. The minimum atomic E-state index is -1.09. The third-order valence-electron chi connectivity index (χ3n) is 5.12. The van der Waals surface area contributed by atoms with Gasteiger partial charge in [-0.3, -0.25) is 14.9 Å². The molecule has 3 heterocycles. The van der Waals surface area contributed by atoms with Crippen molar-refractivity contribution in [3.63, 3.8) is 0 Å². The van der Waals surface area contributed by atoms with E-state index in [1.165, 1.54) is 12.3 Å². The van der Waals surface area contributed by atoms with Crippen molar-refractivity contribution in [1.29, 1.82) is 0 Å². The van der Waals surface area contributed by atoms with Crippen molar-refractivity contribution >= 4 is 46.0 Å². The maximum absolute atomic E-state index is 15.1. The highest BCUT2D eigenvalue weighted by molar-refractivity contribution is 6.35. The summed E-state index contributed by atoms with van der Waals surface area (Å²) >= 11 is 6.39. The van der Waals surface area contributed by atoms with Gasteiger partial charge in [0.05, 0.1) is 40.7 Å². The van der Waals surface area contributed by atoms with Crippen LogP contribution >= 0.6 is 11.6 Å². The molecule has 5 rings (SSSR count). The van der Waals surface area contributed by atoms with Crippen LogP contribution in [0.5, 0.6) is 0 Å². The Kier molecular flexibility index (Phi) is 4.55. The topological polar surface area (TPSA) is 88.0 Å². The second-order valence-electron chi connectivity index (χ2n) is 7.18. The largest absolute Gasteiger partial charge is 0.309 e. The first-order valence-electron chi connectivity index (χ1n) is 9.41. The van der Waals surface area contributed by atoms with Crippen molar-refractivity contribution in [3.8, 4) is 11.3 Å². The summed E-state index contributed by atoms with van der Waals surface area (Å²) in [5.74, 6) is -1.36. The van der Waals surface area contributed by atoms with Gasteiger partial charge < -0.3 is 9.72 Å². The van der Waals surface area contributed by atoms with Gasteiger partial charge in [-0.1, -0.05) is 30.3 Å². The second-order valence-corrected chi connectivity index (χ2v) is 7.56. The van der Waals surface area contributed by atoms with Crippen molar-refractivity contribution in [2.75, 3.05) is 5.32 Å². The fourth-order valence-corrected chi connectivity index (χ4v) is 3.75. The highest BCUT2D eigenvalue weighted by Crippen LogP contribution is 2.39. The van der Waals surface area contributed by atoms with Crippen LogP contribution in [-0.4, -0.2) is 36.6 Å². The number of nitrogens with one attached hydrogen (secondary N) is 2. The van der Waals surface area contributed by atoms with Crippen LogP contribution in [0.2, 0.25) is 5.02 Å². The number of rotatable bonds is 5. The molecule has 4 aromatic rings. The Morgan fingerprint density at radius 1 is 1.39 bits per heavy atom. The summed E-state index contributed by atoms with van der Waals surface area (Å²) in [5, 5.41) is 9.93. The summed E-state index contributed by atoms with van der Waals surface area (Å²) in [6.45, 7) is 3.59. The van der Waals surface area contributed by atoms with E-state index in [1.807, 2.05) is 0 Å². The average Bonchev–Trinajstić information content (AvgIpc) is 3.12. The number of carbonyl (C=O) groups excluding carboxylic acids is 1. The van der Waals surface area contributed by atoms with E-state index >= 15 is 4.39 Å². The van der Waals surface area contributed by atoms with E-state index in [-0.39, 0.29) is 22.8 Å². The number of imidazole rings is 1. The number of amides is 1. The third kappa shape index (κ3) is 3.27. The van der Waals surface area contributed by atoms with E-state index in [0.717, 1.165) is 0 Å². The number of aromatic amines is 1. The molecule has 1 aliphatic carbocycles. The number of carbonyl (C=O) groups is 1. The van der Waals surface area contributed by atoms with E-state index in [4.69, 9.17) is 11.6 Å². The van der Waals surface area contributed by atoms with E-state index < -0.39 is 23.8 Å². The SMILES string of the molecule is C=C/C=C/c1c(F)c(Cl)c(-c2cn3cc(NC(=O)C4CC4F)nc3cn2)c2cn[nH]c12.